The molecule has 21 aromatic rings. The average molecular weight is 1420 g/mol. The first-order valence-corrected chi connectivity index (χ1v) is 39.2. The molecule has 1 heteroatoms. The molecule has 0 unspecified atom stereocenters. The van der Waals surface area contributed by atoms with Crippen LogP contribution in [0.1, 0.15) is 0 Å². The Kier molecular flexibility index (Phi) is 15.3. The van der Waals surface area contributed by atoms with Crippen molar-refractivity contribution in [2.24, 2.45) is 0 Å². The smallest absolute Gasteiger partial charge is 0.0433 e. The first-order valence-electron chi connectivity index (χ1n) is 38.4. The Morgan fingerprint density at radius 2 is 0.414 bits per heavy atom. The highest BCUT2D eigenvalue weighted by molar-refractivity contribution is 7.26. The van der Waals surface area contributed by atoms with Gasteiger partial charge in [-0.05, 0) is 282 Å². The fourth-order valence-corrected chi connectivity index (χ4v) is 19.4. The van der Waals surface area contributed by atoms with E-state index in [1.165, 1.54) is 230 Å². The number of thiophene rings is 1. The predicted octanol–water partition coefficient (Wildman–Crippen LogP) is 31.5. The molecule has 0 N–H and O–H groups in total. The van der Waals surface area contributed by atoms with Gasteiger partial charge in [-0.3, -0.25) is 0 Å². The first kappa shape index (κ1) is 64.1. The van der Waals surface area contributed by atoms with Crippen LogP contribution in [0.5, 0.6) is 0 Å². The minimum absolute atomic E-state index is 1.23. The van der Waals surface area contributed by atoms with Gasteiger partial charge in [0.25, 0.3) is 0 Å². The SMILES string of the molecule is c1cc(-c2cc3c4c(cccc4c2)-c2ccccc2-3)cc(-c2cccc3c2sc2ccccc23)c1.c1cc(-c2ccc(-c3ccc4ccccc4c3)cc2)cc(-c2cc3c4c(cccc4c2)-c2ccccc2-3)c1.c1cc(-c2cccc(-c3cccc4ccccc34)c2)cc(-c2cc3c4c(cccc4c2)-c2ccccc2-3)c1. The van der Waals surface area contributed by atoms with Gasteiger partial charge in [0, 0.05) is 20.2 Å². The monoisotopic (exact) mass is 1420 g/mol. The molecular formula is C110H68S. The van der Waals surface area contributed by atoms with Gasteiger partial charge in [0.15, 0.2) is 0 Å². The summed E-state index contributed by atoms with van der Waals surface area (Å²) in [6.07, 6.45) is 0. The second-order valence-electron chi connectivity index (χ2n) is 29.7. The van der Waals surface area contributed by atoms with Gasteiger partial charge in [0.2, 0.25) is 0 Å². The maximum absolute atomic E-state index is 2.39. The summed E-state index contributed by atoms with van der Waals surface area (Å²) >= 11 is 1.89. The van der Waals surface area contributed by atoms with Crippen LogP contribution in [0.3, 0.4) is 0 Å². The molecule has 0 aliphatic heterocycles. The Labute approximate surface area is 649 Å². The van der Waals surface area contributed by atoms with Crippen LogP contribution < -0.4 is 0 Å². The summed E-state index contributed by atoms with van der Waals surface area (Å²) < 4.78 is 2.71. The normalized spacial score (nSPS) is 11.8. The molecular weight excluding hydrogens is 1350 g/mol. The van der Waals surface area contributed by atoms with Crippen molar-refractivity contribution in [1.29, 1.82) is 0 Å². The van der Waals surface area contributed by atoms with Crippen LogP contribution in [0, 0.1) is 0 Å². The second kappa shape index (κ2) is 26.4. The van der Waals surface area contributed by atoms with Gasteiger partial charge < -0.3 is 0 Å². The third-order valence-corrected chi connectivity index (χ3v) is 24.6. The summed E-state index contributed by atoms with van der Waals surface area (Å²) in [5.41, 5.74) is 36.1. The number of fused-ring (bicyclic) bond motifs is 14. The minimum atomic E-state index is 1.23. The maximum atomic E-state index is 2.39. The summed E-state index contributed by atoms with van der Waals surface area (Å²) in [7, 11) is 0. The highest BCUT2D eigenvalue weighted by atomic mass is 32.1. The molecule has 514 valence electrons. The molecule has 0 bridgehead atoms. The molecule has 20 aromatic carbocycles. The van der Waals surface area contributed by atoms with E-state index in [0.29, 0.717) is 0 Å². The van der Waals surface area contributed by atoms with Crippen molar-refractivity contribution in [3.8, 4) is 156 Å². The van der Waals surface area contributed by atoms with E-state index in [2.05, 4.69) is 413 Å². The van der Waals surface area contributed by atoms with Crippen molar-refractivity contribution in [2.75, 3.05) is 0 Å². The average Bonchev–Trinajstić information content (AvgIpc) is 1.60. The molecule has 0 nitrogen and oxygen atoms in total. The van der Waals surface area contributed by atoms with Crippen LogP contribution in [0.2, 0.25) is 0 Å². The molecule has 0 atom stereocenters. The molecule has 0 amide bonds. The summed E-state index contributed by atoms with van der Waals surface area (Å²) in [5, 5.41) is 15.8. The standard InChI is InChI=1S/2C38H24.C34H20S/c1-2-16-32-25(9-1)10-7-19-33(32)29-14-6-12-27(22-29)26-11-5-13-28(21-26)31-23-30-15-8-20-36-34-17-3-4-18-35(34)37(24-31)38(30)36;1-2-8-28-22-31(20-19-25(28)7-1)27-17-15-26(16-18-27)29-9-5-10-30(21-29)33-23-32-11-6-14-36-34-12-3-4-13-35(34)37(24-33)38(32)36;1-2-12-27-26(11-1)29-15-6-10-23-19-24(20-31(27)33(23)29)21-8-5-9-22(18-21)25-14-7-16-30-28-13-3-4-17-32(28)35-34(25)30/h2*1-24H;1-20H. The number of hydrogen-bond acceptors (Lipinski definition) is 1. The Morgan fingerprint density at radius 3 is 0.910 bits per heavy atom. The molecule has 0 fully saturated rings. The van der Waals surface area contributed by atoms with E-state index in [1.807, 2.05) is 11.3 Å². The second-order valence-corrected chi connectivity index (χ2v) is 30.7. The Balaban J connectivity index is 0.000000102. The van der Waals surface area contributed by atoms with Crippen molar-refractivity contribution in [2.45, 2.75) is 0 Å². The molecule has 0 saturated heterocycles. The fraction of sp³-hybridized carbons (Fsp3) is 0. The van der Waals surface area contributed by atoms with Crippen LogP contribution in [0.25, 0.3) is 230 Å². The quantitative estimate of drug-likeness (QED) is 0.142. The molecule has 0 radical (unpaired) electrons. The highest BCUT2D eigenvalue weighted by Gasteiger charge is 2.26. The zero-order chi connectivity index (χ0) is 73.0. The van der Waals surface area contributed by atoms with E-state index in [1.54, 1.807) is 0 Å². The number of rotatable bonds is 8. The van der Waals surface area contributed by atoms with Crippen LogP contribution in [-0.2, 0) is 0 Å². The lowest BCUT2D eigenvalue weighted by Gasteiger charge is -2.12. The third kappa shape index (κ3) is 11.0. The zero-order valence-corrected chi connectivity index (χ0v) is 61.5. The Hall–Kier alpha value is -14.1. The van der Waals surface area contributed by atoms with Gasteiger partial charge in [-0.25, -0.2) is 0 Å². The van der Waals surface area contributed by atoms with Crippen molar-refractivity contribution < 1.29 is 0 Å². The van der Waals surface area contributed by atoms with E-state index >= 15 is 0 Å². The highest BCUT2D eigenvalue weighted by Crippen LogP contribution is 2.53. The van der Waals surface area contributed by atoms with Crippen molar-refractivity contribution in [3.05, 3.63) is 413 Å². The summed E-state index contributed by atoms with van der Waals surface area (Å²) in [6.45, 7) is 0. The van der Waals surface area contributed by atoms with E-state index in [0.717, 1.165) is 0 Å². The van der Waals surface area contributed by atoms with E-state index in [4.69, 9.17) is 0 Å². The molecule has 0 spiro atoms. The lowest BCUT2D eigenvalue weighted by atomic mass is 9.92. The first-order chi connectivity index (χ1) is 55.0. The minimum Gasteiger partial charge on any atom is -0.135 e. The summed E-state index contributed by atoms with van der Waals surface area (Å²) in [4.78, 5) is 0. The van der Waals surface area contributed by atoms with E-state index in [9.17, 15) is 0 Å². The van der Waals surface area contributed by atoms with Crippen LogP contribution in [-0.4, -0.2) is 0 Å². The van der Waals surface area contributed by atoms with E-state index in [-0.39, 0.29) is 0 Å². The third-order valence-electron chi connectivity index (χ3n) is 23.4. The molecule has 24 rings (SSSR count). The van der Waals surface area contributed by atoms with Crippen LogP contribution in [0.15, 0.2) is 413 Å². The fourth-order valence-electron chi connectivity index (χ4n) is 18.1. The predicted molar refractivity (Wildman–Crippen MR) is 477 cm³/mol. The van der Waals surface area contributed by atoms with Crippen molar-refractivity contribution in [3.63, 3.8) is 0 Å². The topological polar surface area (TPSA) is 0 Å². The van der Waals surface area contributed by atoms with Gasteiger partial charge in [-0.1, -0.05) is 340 Å². The van der Waals surface area contributed by atoms with Crippen molar-refractivity contribution >= 4 is 85.4 Å². The largest absolute Gasteiger partial charge is 0.135 e. The lowest BCUT2D eigenvalue weighted by molar-refractivity contribution is 1.59. The summed E-state index contributed by atoms with van der Waals surface area (Å²) in [5.74, 6) is 0. The van der Waals surface area contributed by atoms with E-state index < -0.39 is 0 Å². The Bertz CT molecular complexity index is 7380. The number of benzene rings is 20. The molecule has 3 aliphatic carbocycles. The number of hydrogen-bond donors (Lipinski definition) is 0. The molecule has 0 saturated carbocycles. The van der Waals surface area contributed by atoms with Crippen LogP contribution >= 0.6 is 11.3 Å². The van der Waals surface area contributed by atoms with Gasteiger partial charge in [-0.2, -0.15) is 0 Å². The zero-order valence-electron chi connectivity index (χ0n) is 60.7. The van der Waals surface area contributed by atoms with Gasteiger partial charge in [0.05, 0.1) is 0 Å². The Morgan fingerprint density at radius 1 is 0.126 bits per heavy atom. The lowest BCUT2D eigenvalue weighted by Crippen LogP contribution is -1.86. The van der Waals surface area contributed by atoms with Gasteiger partial charge in [0.1, 0.15) is 0 Å². The van der Waals surface area contributed by atoms with Crippen LogP contribution in [0.4, 0.5) is 0 Å². The van der Waals surface area contributed by atoms with Crippen molar-refractivity contribution in [1.82, 2.24) is 0 Å². The molecule has 3 aliphatic rings. The summed E-state index contributed by atoms with van der Waals surface area (Å²) in [6, 6.07) is 151. The van der Waals surface area contributed by atoms with Gasteiger partial charge in [-0.15, -0.1) is 11.3 Å². The molecule has 1 heterocycles. The maximum Gasteiger partial charge on any atom is 0.0433 e. The van der Waals surface area contributed by atoms with Gasteiger partial charge >= 0.3 is 0 Å². The molecule has 1 aromatic heterocycles. The molecule has 111 heavy (non-hydrogen) atoms.